The zero-order valence-corrected chi connectivity index (χ0v) is 15.1. The molecule has 0 saturated carbocycles. The van der Waals surface area contributed by atoms with Gasteiger partial charge in [-0.15, -0.1) is 0 Å². The lowest BCUT2D eigenvalue weighted by Crippen LogP contribution is -2.42. The monoisotopic (exact) mass is 335 g/mol. The van der Waals surface area contributed by atoms with Crippen LogP contribution in [-0.4, -0.2) is 47.2 Å². The predicted molar refractivity (Wildman–Crippen MR) is 96.2 cm³/mol. The Kier molecular flexibility index (Phi) is 7.71. The third kappa shape index (κ3) is 6.20. The van der Waals surface area contributed by atoms with E-state index in [0.717, 1.165) is 12.8 Å². The van der Waals surface area contributed by atoms with Crippen LogP contribution in [0.1, 0.15) is 50.9 Å². The maximum atomic E-state index is 12.2. The first-order valence-corrected chi connectivity index (χ1v) is 8.42. The average molecular weight is 335 g/mol. The molecule has 0 atom stereocenters. The van der Waals surface area contributed by atoms with E-state index >= 15 is 0 Å². The van der Waals surface area contributed by atoms with Gasteiger partial charge in [0.15, 0.2) is 0 Å². The molecule has 0 aliphatic heterocycles. The molecule has 0 saturated heterocycles. The first kappa shape index (κ1) is 20.0. The minimum absolute atomic E-state index is 0.0697. The molecule has 0 heterocycles. The van der Waals surface area contributed by atoms with Crippen molar-refractivity contribution in [1.82, 2.24) is 10.2 Å². The first-order valence-electron chi connectivity index (χ1n) is 8.42. The quantitative estimate of drug-likeness (QED) is 0.683. The Hall–Kier alpha value is -2.08. The fourth-order valence-electron chi connectivity index (χ4n) is 2.08. The second-order valence-electron chi connectivity index (χ2n) is 6.41. The zero-order valence-electron chi connectivity index (χ0n) is 15.1. The molecule has 0 fully saturated rings. The number of aliphatic hydroxyl groups excluding tert-OH is 1. The molecular formula is C18H29N3O3. The van der Waals surface area contributed by atoms with E-state index < -0.39 is 0 Å². The van der Waals surface area contributed by atoms with Gasteiger partial charge < -0.3 is 20.6 Å². The van der Waals surface area contributed by atoms with Crippen molar-refractivity contribution in [2.45, 2.75) is 46.1 Å². The maximum Gasteiger partial charge on any atom is 0.321 e. The zero-order chi connectivity index (χ0) is 18.2. The Bertz CT molecular complexity index is 535. The van der Waals surface area contributed by atoms with Gasteiger partial charge in [-0.05, 0) is 51.0 Å². The number of nitrogens with zero attached hydrogens (tertiary/aromatic N) is 1. The Balaban J connectivity index is 2.70. The number of nitrogens with one attached hydrogen (secondary N) is 2. The fourth-order valence-corrected chi connectivity index (χ4v) is 2.08. The molecule has 0 unspecified atom stereocenters. The highest BCUT2D eigenvalue weighted by Gasteiger charge is 2.19. The van der Waals surface area contributed by atoms with Crippen LogP contribution in [0, 0.1) is 0 Å². The van der Waals surface area contributed by atoms with Crippen molar-refractivity contribution in [3.8, 4) is 0 Å². The Morgan fingerprint density at radius 3 is 2.25 bits per heavy atom. The highest BCUT2D eigenvalue weighted by Crippen LogP contribution is 2.13. The Morgan fingerprint density at radius 2 is 1.75 bits per heavy atom. The van der Waals surface area contributed by atoms with Gasteiger partial charge in [-0.25, -0.2) is 4.79 Å². The molecule has 1 aromatic rings. The van der Waals surface area contributed by atoms with Gasteiger partial charge in [0.2, 0.25) is 0 Å². The van der Waals surface area contributed by atoms with Gasteiger partial charge in [0, 0.05) is 29.9 Å². The van der Waals surface area contributed by atoms with Gasteiger partial charge >= 0.3 is 6.03 Å². The van der Waals surface area contributed by atoms with Crippen molar-refractivity contribution < 1.29 is 14.7 Å². The van der Waals surface area contributed by atoms with E-state index in [4.69, 9.17) is 5.11 Å². The van der Waals surface area contributed by atoms with Crippen LogP contribution in [-0.2, 0) is 0 Å². The summed E-state index contributed by atoms with van der Waals surface area (Å²) in [5.41, 5.74) is 0.912. The molecule has 3 N–H and O–H groups in total. The van der Waals surface area contributed by atoms with E-state index in [1.165, 1.54) is 0 Å². The van der Waals surface area contributed by atoms with Crippen LogP contribution in [0.5, 0.6) is 0 Å². The SMILES string of the molecule is CCCN(CCO)C(=O)Nc1ccc(C(=O)NC(C)(C)CC)cc1. The molecule has 3 amide bonds. The second kappa shape index (κ2) is 9.27. The molecule has 0 bridgehead atoms. The van der Waals surface area contributed by atoms with Crippen LogP contribution in [0.4, 0.5) is 10.5 Å². The molecule has 0 aliphatic carbocycles. The smallest absolute Gasteiger partial charge is 0.321 e. The van der Waals surface area contributed by atoms with Crippen LogP contribution in [0.25, 0.3) is 0 Å². The lowest BCUT2D eigenvalue weighted by atomic mass is 10.0. The number of urea groups is 1. The number of amides is 3. The summed E-state index contributed by atoms with van der Waals surface area (Å²) in [5, 5.41) is 14.8. The number of rotatable bonds is 8. The molecule has 0 spiro atoms. The first-order chi connectivity index (χ1) is 11.3. The van der Waals surface area contributed by atoms with Gasteiger partial charge in [-0.3, -0.25) is 4.79 Å². The molecular weight excluding hydrogens is 306 g/mol. The van der Waals surface area contributed by atoms with E-state index in [-0.39, 0.29) is 24.1 Å². The number of hydrogen-bond donors (Lipinski definition) is 3. The van der Waals surface area contributed by atoms with Crippen molar-refractivity contribution >= 4 is 17.6 Å². The topological polar surface area (TPSA) is 81.7 Å². The number of carbonyl (C=O) groups is 2. The third-order valence-electron chi connectivity index (χ3n) is 3.88. The Labute approximate surface area is 144 Å². The summed E-state index contributed by atoms with van der Waals surface area (Å²) in [7, 11) is 0. The number of carbonyl (C=O) groups excluding carboxylic acids is 2. The Morgan fingerprint density at radius 1 is 1.12 bits per heavy atom. The van der Waals surface area contributed by atoms with Crippen LogP contribution >= 0.6 is 0 Å². The maximum absolute atomic E-state index is 12.2. The summed E-state index contributed by atoms with van der Waals surface area (Å²) in [6.07, 6.45) is 1.66. The summed E-state index contributed by atoms with van der Waals surface area (Å²) < 4.78 is 0. The van der Waals surface area contributed by atoms with Crippen LogP contribution in [0.2, 0.25) is 0 Å². The number of hydrogen-bond acceptors (Lipinski definition) is 3. The molecule has 1 aromatic carbocycles. The van der Waals surface area contributed by atoms with E-state index in [1.807, 2.05) is 27.7 Å². The van der Waals surface area contributed by atoms with Gasteiger partial charge in [0.25, 0.3) is 5.91 Å². The number of benzene rings is 1. The predicted octanol–water partition coefficient (Wildman–Crippen LogP) is 2.84. The van der Waals surface area contributed by atoms with Gasteiger partial charge in [0.05, 0.1) is 6.61 Å². The van der Waals surface area contributed by atoms with Crippen molar-refractivity contribution in [3.63, 3.8) is 0 Å². The van der Waals surface area contributed by atoms with E-state index in [1.54, 1.807) is 29.2 Å². The summed E-state index contributed by atoms with van der Waals surface area (Å²) >= 11 is 0. The standard InChI is InChI=1S/C18H29N3O3/c1-5-11-21(12-13-22)17(24)19-15-9-7-14(8-10-15)16(23)20-18(3,4)6-2/h7-10,22H,5-6,11-13H2,1-4H3,(H,19,24)(H,20,23). The summed E-state index contributed by atoms with van der Waals surface area (Å²) in [5.74, 6) is -0.132. The van der Waals surface area contributed by atoms with Gasteiger partial charge in [0.1, 0.15) is 0 Å². The highest BCUT2D eigenvalue weighted by molar-refractivity contribution is 5.96. The summed E-state index contributed by atoms with van der Waals surface area (Å²) in [6.45, 7) is 8.76. The normalized spacial score (nSPS) is 11.0. The van der Waals surface area contributed by atoms with E-state index in [2.05, 4.69) is 10.6 Å². The van der Waals surface area contributed by atoms with E-state index in [9.17, 15) is 9.59 Å². The minimum Gasteiger partial charge on any atom is -0.395 e. The molecule has 6 nitrogen and oxygen atoms in total. The molecule has 0 radical (unpaired) electrons. The minimum atomic E-state index is -0.255. The highest BCUT2D eigenvalue weighted by atomic mass is 16.3. The number of anilines is 1. The van der Waals surface area contributed by atoms with Crippen LogP contribution in [0.3, 0.4) is 0 Å². The van der Waals surface area contributed by atoms with Crippen molar-refractivity contribution in [2.75, 3.05) is 25.0 Å². The molecule has 0 aromatic heterocycles. The third-order valence-corrected chi connectivity index (χ3v) is 3.88. The molecule has 134 valence electrons. The second-order valence-corrected chi connectivity index (χ2v) is 6.41. The fraction of sp³-hybridized carbons (Fsp3) is 0.556. The van der Waals surface area contributed by atoms with Crippen molar-refractivity contribution in [1.29, 1.82) is 0 Å². The molecule has 0 aliphatic rings. The molecule has 24 heavy (non-hydrogen) atoms. The number of aliphatic hydroxyl groups is 1. The lowest BCUT2D eigenvalue weighted by Gasteiger charge is -2.24. The van der Waals surface area contributed by atoms with Crippen LogP contribution < -0.4 is 10.6 Å². The van der Waals surface area contributed by atoms with Crippen molar-refractivity contribution in [3.05, 3.63) is 29.8 Å². The van der Waals surface area contributed by atoms with E-state index in [0.29, 0.717) is 24.3 Å². The van der Waals surface area contributed by atoms with Crippen molar-refractivity contribution in [2.24, 2.45) is 0 Å². The molecule has 1 rings (SSSR count). The lowest BCUT2D eigenvalue weighted by molar-refractivity contribution is 0.0911. The summed E-state index contributed by atoms with van der Waals surface area (Å²) in [4.78, 5) is 25.9. The average Bonchev–Trinajstić information content (AvgIpc) is 2.55. The summed E-state index contributed by atoms with van der Waals surface area (Å²) in [6, 6.07) is 6.53. The van der Waals surface area contributed by atoms with Gasteiger partial charge in [-0.2, -0.15) is 0 Å². The molecule has 6 heteroatoms. The van der Waals surface area contributed by atoms with Crippen LogP contribution in [0.15, 0.2) is 24.3 Å². The largest absolute Gasteiger partial charge is 0.395 e. The van der Waals surface area contributed by atoms with Gasteiger partial charge in [-0.1, -0.05) is 13.8 Å².